The van der Waals surface area contributed by atoms with Crippen LogP contribution in [0.1, 0.15) is 41.4 Å². The lowest BCUT2D eigenvalue weighted by Crippen LogP contribution is -2.26. The topological polar surface area (TPSA) is 43.1 Å². The SMILES string of the molecule is CCc1ccc(C(=O)C(C)C(N)c2ccccc2)cc1. The molecule has 0 saturated heterocycles. The number of ketones is 1. The minimum atomic E-state index is -0.269. The standard InChI is InChI=1S/C18H21NO/c1-3-14-9-11-16(12-10-14)18(20)13(2)17(19)15-7-5-4-6-8-15/h4-13,17H,3,19H2,1-2H3. The average molecular weight is 267 g/mol. The molecule has 0 amide bonds. The lowest BCUT2D eigenvalue weighted by Gasteiger charge is -2.19. The Morgan fingerprint density at radius 1 is 1.05 bits per heavy atom. The summed E-state index contributed by atoms with van der Waals surface area (Å²) < 4.78 is 0. The second-order valence-electron chi connectivity index (χ2n) is 5.14. The van der Waals surface area contributed by atoms with E-state index in [0.29, 0.717) is 0 Å². The summed E-state index contributed by atoms with van der Waals surface area (Å²) in [6, 6.07) is 17.3. The van der Waals surface area contributed by atoms with Gasteiger partial charge < -0.3 is 5.73 Å². The van der Waals surface area contributed by atoms with Crippen molar-refractivity contribution in [2.75, 3.05) is 0 Å². The molecule has 0 aliphatic carbocycles. The van der Waals surface area contributed by atoms with Crippen LogP contribution in [-0.2, 0) is 6.42 Å². The van der Waals surface area contributed by atoms with E-state index in [2.05, 4.69) is 6.92 Å². The molecule has 0 saturated carbocycles. The Balaban J connectivity index is 2.15. The third-order valence-corrected chi connectivity index (χ3v) is 3.78. The van der Waals surface area contributed by atoms with Gasteiger partial charge in [-0.1, -0.05) is 68.4 Å². The highest BCUT2D eigenvalue weighted by molar-refractivity contribution is 5.98. The molecule has 0 bridgehead atoms. The average Bonchev–Trinajstić information content (AvgIpc) is 2.53. The van der Waals surface area contributed by atoms with Crippen molar-refractivity contribution >= 4 is 5.78 Å². The van der Waals surface area contributed by atoms with E-state index in [4.69, 9.17) is 5.73 Å². The third-order valence-electron chi connectivity index (χ3n) is 3.78. The van der Waals surface area contributed by atoms with Gasteiger partial charge in [0.15, 0.2) is 5.78 Å². The molecule has 2 atom stereocenters. The normalized spacial score (nSPS) is 13.8. The molecule has 0 fully saturated rings. The van der Waals surface area contributed by atoms with Gasteiger partial charge in [-0.2, -0.15) is 0 Å². The summed E-state index contributed by atoms with van der Waals surface area (Å²) >= 11 is 0. The first-order valence-corrected chi connectivity index (χ1v) is 7.07. The number of rotatable bonds is 5. The van der Waals surface area contributed by atoms with E-state index in [1.165, 1.54) is 5.56 Å². The summed E-state index contributed by atoms with van der Waals surface area (Å²) in [5.41, 5.74) is 9.19. The van der Waals surface area contributed by atoms with Gasteiger partial charge in [0, 0.05) is 17.5 Å². The molecule has 2 aromatic rings. The van der Waals surface area contributed by atoms with Gasteiger partial charge in [0.2, 0.25) is 0 Å². The largest absolute Gasteiger partial charge is 0.323 e. The molecule has 2 N–H and O–H groups in total. The van der Waals surface area contributed by atoms with Crippen molar-refractivity contribution in [3.8, 4) is 0 Å². The first kappa shape index (κ1) is 14.5. The fraction of sp³-hybridized carbons (Fsp3) is 0.278. The van der Waals surface area contributed by atoms with E-state index >= 15 is 0 Å². The van der Waals surface area contributed by atoms with Crippen molar-refractivity contribution < 1.29 is 4.79 Å². The van der Waals surface area contributed by atoms with Crippen LogP contribution in [0.3, 0.4) is 0 Å². The number of nitrogens with two attached hydrogens (primary N) is 1. The van der Waals surface area contributed by atoms with Crippen molar-refractivity contribution in [3.05, 3.63) is 71.3 Å². The molecule has 2 heteroatoms. The molecular weight excluding hydrogens is 246 g/mol. The van der Waals surface area contributed by atoms with Crippen molar-refractivity contribution in [2.45, 2.75) is 26.3 Å². The molecule has 2 rings (SSSR count). The van der Waals surface area contributed by atoms with Crippen molar-refractivity contribution in [1.82, 2.24) is 0 Å². The van der Waals surface area contributed by atoms with E-state index in [0.717, 1.165) is 17.5 Å². The third kappa shape index (κ3) is 3.14. The quantitative estimate of drug-likeness (QED) is 0.838. The molecule has 20 heavy (non-hydrogen) atoms. The first-order chi connectivity index (χ1) is 9.63. The maximum Gasteiger partial charge on any atom is 0.167 e. The Hall–Kier alpha value is -1.93. The maximum absolute atomic E-state index is 12.5. The molecule has 0 heterocycles. The van der Waals surface area contributed by atoms with Crippen LogP contribution < -0.4 is 5.73 Å². The molecule has 0 radical (unpaired) electrons. The summed E-state index contributed by atoms with van der Waals surface area (Å²) in [6.45, 7) is 4.00. The number of hydrogen-bond acceptors (Lipinski definition) is 2. The van der Waals surface area contributed by atoms with E-state index < -0.39 is 0 Å². The van der Waals surface area contributed by atoms with Crippen molar-refractivity contribution in [2.24, 2.45) is 11.7 Å². The van der Waals surface area contributed by atoms with E-state index in [1.54, 1.807) is 0 Å². The van der Waals surface area contributed by atoms with Gasteiger partial charge in [-0.3, -0.25) is 4.79 Å². The monoisotopic (exact) mass is 267 g/mol. The van der Waals surface area contributed by atoms with Gasteiger partial charge >= 0.3 is 0 Å². The van der Waals surface area contributed by atoms with Gasteiger partial charge in [-0.15, -0.1) is 0 Å². The summed E-state index contributed by atoms with van der Waals surface area (Å²) in [5, 5.41) is 0. The predicted octanol–water partition coefficient (Wildman–Crippen LogP) is 3.77. The van der Waals surface area contributed by atoms with Crippen molar-refractivity contribution in [1.29, 1.82) is 0 Å². The number of aryl methyl sites for hydroxylation is 1. The second kappa shape index (κ2) is 6.49. The zero-order valence-corrected chi connectivity index (χ0v) is 12.0. The van der Waals surface area contributed by atoms with Crippen LogP contribution in [0.2, 0.25) is 0 Å². The Kier molecular flexibility index (Phi) is 4.70. The van der Waals surface area contributed by atoms with Crippen LogP contribution in [0.25, 0.3) is 0 Å². The van der Waals surface area contributed by atoms with Crippen LogP contribution in [0.5, 0.6) is 0 Å². The number of benzene rings is 2. The van der Waals surface area contributed by atoms with Crippen LogP contribution in [0.4, 0.5) is 0 Å². The molecule has 0 spiro atoms. The molecule has 2 aromatic carbocycles. The zero-order chi connectivity index (χ0) is 14.5. The molecule has 2 unspecified atom stereocenters. The predicted molar refractivity (Wildman–Crippen MR) is 82.7 cm³/mol. The summed E-state index contributed by atoms with van der Waals surface area (Å²) in [7, 11) is 0. The highest BCUT2D eigenvalue weighted by Gasteiger charge is 2.23. The van der Waals surface area contributed by atoms with Crippen LogP contribution in [0.15, 0.2) is 54.6 Å². The first-order valence-electron chi connectivity index (χ1n) is 7.07. The Bertz CT molecular complexity index is 560. The van der Waals surface area contributed by atoms with Crippen LogP contribution >= 0.6 is 0 Å². The second-order valence-corrected chi connectivity index (χ2v) is 5.14. The van der Waals surface area contributed by atoms with Gasteiger partial charge in [0.1, 0.15) is 0 Å². The van der Waals surface area contributed by atoms with Gasteiger partial charge in [0.25, 0.3) is 0 Å². The molecule has 2 nitrogen and oxygen atoms in total. The van der Waals surface area contributed by atoms with E-state index in [9.17, 15) is 4.79 Å². The zero-order valence-electron chi connectivity index (χ0n) is 12.0. The molecule has 0 aliphatic heterocycles. The minimum absolute atomic E-state index is 0.101. The van der Waals surface area contributed by atoms with E-state index in [-0.39, 0.29) is 17.7 Å². The van der Waals surface area contributed by atoms with Crippen LogP contribution in [0, 0.1) is 5.92 Å². The van der Waals surface area contributed by atoms with E-state index in [1.807, 2.05) is 61.5 Å². The van der Waals surface area contributed by atoms with Crippen LogP contribution in [-0.4, -0.2) is 5.78 Å². The van der Waals surface area contributed by atoms with Gasteiger partial charge in [-0.05, 0) is 17.5 Å². The Labute approximate surface area is 120 Å². The number of carbonyl (C=O) groups is 1. The smallest absolute Gasteiger partial charge is 0.167 e. The molecule has 0 aromatic heterocycles. The summed E-state index contributed by atoms with van der Waals surface area (Å²) in [4.78, 5) is 12.5. The Morgan fingerprint density at radius 2 is 1.65 bits per heavy atom. The number of carbonyl (C=O) groups excluding carboxylic acids is 1. The fourth-order valence-corrected chi connectivity index (χ4v) is 2.29. The summed E-state index contributed by atoms with van der Waals surface area (Å²) in [6.07, 6.45) is 0.980. The lowest BCUT2D eigenvalue weighted by atomic mass is 9.88. The minimum Gasteiger partial charge on any atom is -0.323 e. The van der Waals surface area contributed by atoms with Gasteiger partial charge in [-0.25, -0.2) is 0 Å². The molecule has 104 valence electrons. The maximum atomic E-state index is 12.5. The van der Waals surface area contributed by atoms with Crippen molar-refractivity contribution in [3.63, 3.8) is 0 Å². The fourth-order valence-electron chi connectivity index (χ4n) is 2.29. The highest BCUT2D eigenvalue weighted by atomic mass is 16.1. The van der Waals surface area contributed by atoms with Gasteiger partial charge in [0.05, 0.1) is 0 Å². The molecular formula is C18H21NO. The summed E-state index contributed by atoms with van der Waals surface area (Å²) in [5.74, 6) is -0.131. The number of hydrogen-bond donors (Lipinski definition) is 1. The highest BCUT2D eigenvalue weighted by Crippen LogP contribution is 2.23. The lowest BCUT2D eigenvalue weighted by molar-refractivity contribution is 0.0913. The molecule has 0 aliphatic rings. The number of Topliss-reactive ketones (excluding diaryl/α,β-unsaturated/α-hetero) is 1. The Morgan fingerprint density at radius 3 is 2.20 bits per heavy atom.